The molecular weight excluding hydrogens is 212 g/mol. The molecule has 0 saturated carbocycles. The molecule has 17 heavy (non-hydrogen) atoms. The molecule has 3 heteroatoms. The van der Waals surface area contributed by atoms with E-state index in [2.05, 4.69) is 0 Å². The van der Waals surface area contributed by atoms with Crippen molar-refractivity contribution in [3.8, 4) is 12.1 Å². The number of nitrogens with zero attached hydrogens (tertiary/aromatic N) is 2. The van der Waals surface area contributed by atoms with Crippen molar-refractivity contribution in [3.05, 3.63) is 71.8 Å². The van der Waals surface area contributed by atoms with Gasteiger partial charge in [0, 0.05) is 0 Å². The molecule has 0 radical (unpaired) electrons. The summed E-state index contributed by atoms with van der Waals surface area (Å²) in [6.07, 6.45) is 0. The lowest BCUT2D eigenvalue weighted by molar-refractivity contribution is 0.824. The van der Waals surface area contributed by atoms with Gasteiger partial charge in [-0.15, -0.1) is 0 Å². The van der Waals surface area contributed by atoms with Crippen molar-refractivity contribution in [1.82, 2.24) is 0 Å². The van der Waals surface area contributed by atoms with E-state index in [-0.39, 0.29) is 5.48 Å². The Balaban J connectivity index is 0.000000284. The highest BCUT2D eigenvalue weighted by Gasteiger charge is 1.80. The molecule has 2 aromatic carbocycles. The quantitative estimate of drug-likeness (QED) is 0.688. The van der Waals surface area contributed by atoms with Crippen molar-refractivity contribution >= 4 is 0 Å². The maximum atomic E-state index is 8.29. The van der Waals surface area contributed by atoms with Gasteiger partial charge in [-0.05, 0) is 24.3 Å². The molecule has 0 atom stereocenters. The lowest BCUT2D eigenvalue weighted by atomic mass is 10.2. The van der Waals surface area contributed by atoms with Crippen molar-refractivity contribution in [3.63, 3.8) is 0 Å². The zero-order chi connectivity index (χ0) is 11.6. The summed E-state index contributed by atoms with van der Waals surface area (Å²) in [7, 11) is 0. The highest BCUT2D eigenvalue weighted by atomic mass is 16.0. The van der Waals surface area contributed by atoms with Gasteiger partial charge in [-0.25, -0.2) is 0 Å². The van der Waals surface area contributed by atoms with E-state index >= 15 is 0 Å². The highest BCUT2D eigenvalue weighted by Crippen LogP contribution is 1.93. The summed E-state index contributed by atoms with van der Waals surface area (Å²) in [5, 5.41) is 16.6. The Morgan fingerprint density at radius 3 is 1.06 bits per heavy atom. The zero-order valence-electron chi connectivity index (χ0n) is 9.17. The lowest BCUT2D eigenvalue weighted by Gasteiger charge is -1.80. The van der Waals surface area contributed by atoms with E-state index in [9.17, 15) is 0 Å². The van der Waals surface area contributed by atoms with Gasteiger partial charge in [-0.3, -0.25) is 0 Å². The van der Waals surface area contributed by atoms with Gasteiger partial charge in [-0.1, -0.05) is 36.4 Å². The molecule has 84 valence electrons. The van der Waals surface area contributed by atoms with Crippen LogP contribution >= 0.6 is 0 Å². The van der Waals surface area contributed by atoms with Crippen molar-refractivity contribution in [2.24, 2.45) is 0 Å². The molecule has 0 heterocycles. The molecule has 0 fully saturated rings. The molecule has 0 aliphatic rings. The fraction of sp³-hybridized carbons (Fsp3) is 0. The normalized spacial score (nSPS) is 7.41. The van der Waals surface area contributed by atoms with Crippen LogP contribution in [0.2, 0.25) is 0 Å². The predicted octanol–water partition coefficient (Wildman–Crippen LogP) is 2.29. The van der Waals surface area contributed by atoms with Crippen LogP contribution in [0.3, 0.4) is 0 Å². The molecule has 0 unspecified atom stereocenters. The SMILES string of the molecule is N#Cc1ccccc1.N#Cc1ccccc1.O. The number of hydrogen-bond donors (Lipinski definition) is 0. The van der Waals surface area contributed by atoms with Gasteiger partial charge in [0.2, 0.25) is 0 Å². The Kier molecular flexibility index (Phi) is 7.33. The minimum Gasteiger partial charge on any atom is -0.412 e. The van der Waals surface area contributed by atoms with Gasteiger partial charge in [0.1, 0.15) is 0 Å². The predicted molar refractivity (Wildman–Crippen MR) is 65.9 cm³/mol. The molecule has 0 aromatic heterocycles. The Hall–Kier alpha value is -2.62. The van der Waals surface area contributed by atoms with Gasteiger partial charge >= 0.3 is 0 Å². The third-order valence-electron chi connectivity index (χ3n) is 1.81. The van der Waals surface area contributed by atoms with E-state index in [1.165, 1.54) is 0 Å². The second kappa shape index (κ2) is 8.67. The van der Waals surface area contributed by atoms with E-state index in [0.29, 0.717) is 11.1 Å². The number of benzene rings is 2. The molecule has 2 N–H and O–H groups in total. The Morgan fingerprint density at radius 2 is 0.882 bits per heavy atom. The van der Waals surface area contributed by atoms with Gasteiger partial charge in [-0.2, -0.15) is 10.5 Å². The van der Waals surface area contributed by atoms with Crippen molar-refractivity contribution in [2.45, 2.75) is 0 Å². The van der Waals surface area contributed by atoms with E-state index in [1.807, 2.05) is 48.5 Å². The molecule has 0 bridgehead atoms. The highest BCUT2D eigenvalue weighted by molar-refractivity contribution is 5.27. The minimum atomic E-state index is 0. The fourth-order valence-electron chi connectivity index (χ4n) is 1.03. The zero-order valence-corrected chi connectivity index (χ0v) is 9.17. The maximum Gasteiger partial charge on any atom is 0.0991 e. The van der Waals surface area contributed by atoms with Crippen molar-refractivity contribution in [2.75, 3.05) is 0 Å². The van der Waals surface area contributed by atoms with E-state index in [1.54, 1.807) is 24.3 Å². The molecular formula is C14H12N2O. The average Bonchev–Trinajstić information content (AvgIpc) is 2.41. The lowest BCUT2D eigenvalue weighted by Crippen LogP contribution is -1.66. The summed E-state index contributed by atoms with van der Waals surface area (Å²) in [6.45, 7) is 0. The van der Waals surface area contributed by atoms with Crippen LogP contribution < -0.4 is 0 Å². The van der Waals surface area contributed by atoms with Crippen molar-refractivity contribution in [1.29, 1.82) is 10.5 Å². The second-order valence-electron chi connectivity index (χ2n) is 2.96. The molecule has 2 rings (SSSR count). The van der Waals surface area contributed by atoms with Crippen LogP contribution in [-0.4, -0.2) is 5.48 Å². The fourth-order valence-corrected chi connectivity index (χ4v) is 1.03. The van der Waals surface area contributed by atoms with Gasteiger partial charge in [0.25, 0.3) is 0 Å². The van der Waals surface area contributed by atoms with Crippen LogP contribution in [0.5, 0.6) is 0 Å². The molecule has 0 aliphatic heterocycles. The van der Waals surface area contributed by atoms with Gasteiger partial charge in [0.05, 0.1) is 23.3 Å². The van der Waals surface area contributed by atoms with Gasteiger partial charge in [0.15, 0.2) is 0 Å². The summed E-state index contributed by atoms with van der Waals surface area (Å²) in [4.78, 5) is 0. The van der Waals surface area contributed by atoms with Crippen LogP contribution in [0.15, 0.2) is 60.7 Å². The second-order valence-corrected chi connectivity index (χ2v) is 2.96. The van der Waals surface area contributed by atoms with Crippen LogP contribution in [0, 0.1) is 22.7 Å². The van der Waals surface area contributed by atoms with E-state index in [0.717, 1.165) is 0 Å². The van der Waals surface area contributed by atoms with Crippen molar-refractivity contribution < 1.29 is 5.48 Å². The third kappa shape index (κ3) is 5.74. The summed E-state index contributed by atoms with van der Waals surface area (Å²) in [5.74, 6) is 0. The number of rotatable bonds is 0. The first kappa shape index (κ1) is 14.4. The van der Waals surface area contributed by atoms with Crippen LogP contribution in [0.25, 0.3) is 0 Å². The summed E-state index contributed by atoms with van der Waals surface area (Å²) < 4.78 is 0. The van der Waals surface area contributed by atoms with Gasteiger partial charge < -0.3 is 5.48 Å². The van der Waals surface area contributed by atoms with E-state index < -0.39 is 0 Å². The molecule has 0 amide bonds. The number of nitriles is 2. The van der Waals surface area contributed by atoms with Crippen LogP contribution in [-0.2, 0) is 0 Å². The maximum absolute atomic E-state index is 8.29. The summed E-state index contributed by atoms with van der Waals surface area (Å²) in [5.41, 5.74) is 1.43. The minimum absolute atomic E-state index is 0. The monoisotopic (exact) mass is 224 g/mol. The summed E-state index contributed by atoms with van der Waals surface area (Å²) in [6, 6.07) is 22.3. The average molecular weight is 224 g/mol. The van der Waals surface area contributed by atoms with E-state index in [4.69, 9.17) is 10.5 Å². The topological polar surface area (TPSA) is 79.1 Å². The smallest absolute Gasteiger partial charge is 0.0991 e. The van der Waals surface area contributed by atoms with Crippen LogP contribution in [0.1, 0.15) is 11.1 Å². The molecule has 3 nitrogen and oxygen atoms in total. The Bertz CT molecular complexity index is 446. The third-order valence-corrected chi connectivity index (χ3v) is 1.81. The molecule has 2 aromatic rings. The first-order valence-electron chi connectivity index (χ1n) is 4.77. The first-order valence-corrected chi connectivity index (χ1v) is 4.77. The Labute approximate surface area is 100 Å². The molecule has 0 aliphatic carbocycles. The largest absolute Gasteiger partial charge is 0.412 e. The first-order chi connectivity index (χ1) is 7.86. The standard InChI is InChI=1S/2C7H5N.H2O/c2*8-6-7-4-2-1-3-5-7;/h2*1-5H;1H2. The molecule has 0 spiro atoms. The number of hydrogen-bond acceptors (Lipinski definition) is 2. The Morgan fingerprint density at radius 1 is 0.588 bits per heavy atom. The van der Waals surface area contributed by atoms with Crippen LogP contribution in [0.4, 0.5) is 0 Å². The molecule has 0 saturated heterocycles. The summed E-state index contributed by atoms with van der Waals surface area (Å²) >= 11 is 0.